The summed E-state index contributed by atoms with van der Waals surface area (Å²) in [5, 5.41) is 2.41. The van der Waals surface area contributed by atoms with E-state index in [1.807, 2.05) is 12.1 Å². The summed E-state index contributed by atoms with van der Waals surface area (Å²) < 4.78 is 29.3. The van der Waals surface area contributed by atoms with Crippen LogP contribution in [-0.4, -0.2) is 29.8 Å². The minimum Gasteiger partial charge on any atom is -0.299 e. The first-order valence-corrected chi connectivity index (χ1v) is 10.9. The van der Waals surface area contributed by atoms with Crippen LogP contribution < -0.4 is 5.32 Å². The van der Waals surface area contributed by atoms with Gasteiger partial charge < -0.3 is 0 Å². The predicted octanol–water partition coefficient (Wildman–Crippen LogP) is 4.74. The molecular weight excluding hydrogens is 490 g/mol. The van der Waals surface area contributed by atoms with Gasteiger partial charge in [0.25, 0.3) is 0 Å². The summed E-state index contributed by atoms with van der Waals surface area (Å²) in [5.41, 5.74) is 0.257. The summed E-state index contributed by atoms with van der Waals surface area (Å²) in [6.45, 7) is 2.35. The normalized spacial score (nSPS) is 22.7. The highest BCUT2D eigenvalue weighted by molar-refractivity contribution is 9.10. The Bertz CT molecular complexity index is 965. The molecule has 2 aliphatic heterocycles. The van der Waals surface area contributed by atoms with Crippen molar-refractivity contribution in [2.75, 3.05) is 13.1 Å². The largest absolute Gasteiger partial charge is 0.299 e. The zero-order valence-electron chi connectivity index (χ0n) is 16.9. The maximum Gasteiger partial charge on any atom is 0.237 e. The SMILES string of the molecule is Cl.O=C1CC[C@@](c2ccc(F)cc2F)(C2CCN(Cc3ccc(Br)cc3)CC2)C(=O)N1. The number of likely N-dealkylation sites (tertiary alicyclic amines) is 1. The Labute approximate surface area is 194 Å². The maximum absolute atomic E-state index is 14.8. The minimum absolute atomic E-state index is 0. The minimum atomic E-state index is -1.14. The zero-order valence-corrected chi connectivity index (χ0v) is 19.3. The number of amides is 2. The molecule has 0 saturated carbocycles. The first-order chi connectivity index (χ1) is 14.4. The van der Waals surface area contributed by atoms with Gasteiger partial charge in [-0.05, 0) is 62.0 Å². The Balaban J connectivity index is 0.00000272. The number of imide groups is 1. The summed E-state index contributed by atoms with van der Waals surface area (Å²) in [7, 11) is 0. The van der Waals surface area contributed by atoms with E-state index in [1.165, 1.54) is 17.7 Å². The lowest BCUT2D eigenvalue weighted by molar-refractivity contribution is -0.140. The molecule has 1 N–H and O–H groups in total. The third kappa shape index (κ3) is 4.83. The van der Waals surface area contributed by atoms with Gasteiger partial charge in [-0.2, -0.15) is 0 Å². The van der Waals surface area contributed by atoms with Crippen molar-refractivity contribution in [3.63, 3.8) is 0 Å². The molecule has 31 heavy (non-hydrogen) atoms. The lowest BCUT2D eigenvalue weighted by atomic mass is 9.62. The third-order valence-electron chi connectivity index (χ3n) is 6.42. The number of hydrogen-bond donors (Lipinski definition) is 1. The Morgan fingerprint density at radius 3 is 2.35 bits per heavy atom. The molecule has 0 bridgehead atoms. The molecule has 0 spiro atoms. The van der Waals surface area contributed by atoms with E-state index in [-0.39, 0.29) is 42.6 Å². The van der Waals surface area contributed by atoms with Crippen LogP contribution >= 0.6 is 28.3 Å². The average molecular weight is 514 g/mol. The predicted molar refractivity (Wildman–Crippen MR) is 120 cm³/mol. The summed E-state index contributed by atoms with van der Waals surface area (Å²) in [6, 6.07) is 11.6. The van der Waals surface area contributed by atoms with Crippen molar-refractivity contribution in [3.8, 4) is 0 Å². The van der Waals surface area contributed by atoms with Crippen molar-refractivity contribution in [1.29, 1.82) is 0 Å². The number of hydrogen-bond acceptors (Lipinski definition) is 3. The molecule has 1 atom stereocenters. The molecular formula is C23H24BrClF2N2O2. The van der Waals surface area contributed by atoms with Crippen molar-refractivity contribution in [3.05, 3.63) is 69.7 Å². The first kappa shape index (κ1) is 23.8. The van der Waals surface area contributed by atoms with E-state index in [2.05, 4.69) is 38.3 Å². The van der Waals surface area contributed by atoms with Gasteiger partial charge in [0, 0.05) is 29.1 Å². The van der Waals surface area contributed by atoms with E-state index in [0.29, 0.717) is 12.8 Å². The van der Waals surface area contributed by atoms with Gasteiger partial charge in [0.05, 0.1) is 5.41 Å². The molecule has 4 rings (SSSR count). The molecule has 2 aromatic rings. The van der Waals surface area contributed by atoms with Gasteiger partial charge in [-0.15, -0.1) is 12.4 Å². The van der Waals surface area contributed by atoms with E-state index in [0.717, 1.165) is 30.2 Å². The molecule has 2 aromatic carbocycles. The van der Waals surface area contributed by atoms with Gasteiger partial charge >= 0.3 is 0 Å². The van der Waals surface area contributed by atoms with Gasteiger partial charge in [0.15, 0.2) is 0 Å². The Morgan fingerprint density at radius 2 is 1.74 bits per heavy atom. The molecule has 4 nitrogen and oxygen atoms in total. The van der Waals surface area contributed by atoms with E-state index < -0.39 is 23.0 Å². The van der Waals surface area contributed by atoms with Gasteiger partial charge in [-0.3, -0.25) is 19.8 Å². The second kappa shape index (κ2) is 9.76. The number of nitrogens with one attached hydrogen (secondary N) is 1. The van der Waals surface area contributed by atoms with Gasteiger partial charge in [0.2, 0.25) is 11.8 Å². The standard InChI is InChI=1S/C23H23BrF2N2O2.ClH/c24-17-3-1-15(2-4-17)14-28-11-8-16(9-12-28)23(10-7-21(29)27-22(23)30)19-6-5-18(25)13-20(19)26;/h1-6,13,16H,7-12,14H2,(H,27,29,30);1H/t23-;/m0./s1. The van der Waals surface area contributed by atoms with Crippen molar-refractivity contribution in [1.82, 2.24) is 10.2 Å². The van der Waals surface area contributed by atoms with Gasteiger partial charge in [-0.25, -0.2) is 8.78 Å². The van der Waals surface area contributed by atoms with Gasteiger partial charge in [0.1, 0.15) is 11.6 Å². The fourth-order valence-corrected chi connectivity index (χ4v) is 5.14. The number of piperidine rings is 2. The number of rotatable bonds is 4. The maximum atomic E-state index is 14.8. The molecule has 166 valence electrons. The van der Waals surface area contributed by atoms with Crippen LogP contribution in [0.2, 0.25) is 0 Å². The summed E-state index contributed by atoms with van der Waals surface area (Å²) >= 11 is 3.44. The fraction of sp³-hybridized carbons (Fsp3) is 0.391. The number of nitrogens with zero attached hydrogens (tertiary/aromatic N) is 1. The summed E-state index contributed by atoms with van der Waals surface area (Å²) in [5.74, 6) is -2.33. The Morgan fingerprint density at radius 1 is 1.06 bits per heavy atom. The van der Waals surface area contributed by atoms with Crippen LogP contribution in [0.25, 0.3) is 0 Å². The first-order valence-electron chi connectivity index (χ1n) is 10.1. The topological polar surface area (TPSA) is 49.4 Å². The van der Waals surface area contributed by atoms with Crippen molar-refractivity contribution >= 4 is 40.2 Å². The molecule has 2 saturated heterocycles. The molecule has 2 heterocycles. The Kier molecular flexibility index (Phi) is 7.50. The quantitative estimate of drug-likeness (QED) is 0.601. The van der Waals surface area contributed by atoms with Crippen molar-refractivity contribution in [2.45, 2.75) is 37.6 Å². The van der Waals surface area contributed by atoms with Gasteiger partial charge in [-0.1, -0.05) is 34.1 Å². The lowest BCUT2D eigenvalue weighted by Gasteiger charge is -2.45. The molecule has 8 heteroatoms. The van der Waals surface area contributed by atoms with Crippen LogP contribution in [0, 0.1) is 17.6 Å². The highest BCUT2D eigenvalue weighted by atomic mass is 79.9. The molecule has 2 amide bonds. The second-order valence-electron chi connectivity index (χ2n) is 8.15. The van der Waals surface area contributed by atoms with Crippen LogP contribution in [-0.2, 0) is 21.5 Å². The average Bonchev–Trinajstić information content (AvgIpc) is 2.71. The van der Waals surface area contributed by atoms with Crippen LogP contribution in [0.3, 0.4) is 0 Å². The molecule has 2 aliphatic rings. The molecule has 2 fully saturated rings. The Hall–Kier alpha value is -1.83. The van der Waals surface area contributed by atoms with E-state index in [9.17, 15) is 18.4 Å². The monoisotopic (exact) mass is 512 g/mol. The van der Waals surface area contributed by atoms with Crippen molar-refractivity contribution < 1.29 is 18.4 Å². The van der Waals surface area contributed by atoms with E-state index in [1.54, 1.807) is 0 Å². The number of carbonyl (C=O) groups is 2. The molecule has 0 unspecified atom stereocenters. The summed E-state index contributed by atoms with van der Waals surface area (Å²) in [6.07, 6.45) is 1.81. The third-order valence-corrected chi connectivity index (χ3v) is 6.95. The van der Waals surface area contributed by atoms with Crippen LogP contribution in [0.1, 0.15) is 36.8 Å². The molecule has 0 radical (unpaired) electrons. The highest BCUT2D eigenvalue weighted by Gasteiger charge is 2.51. The number of carbonyl (C=O) groups excluding carboxylic acids is 2. The second-order valence-corrected chi connectivity index (χ2v) is 9.07. The van der Waals surface area contributed by atoms with Crippen molar-refractivity contribution in [2.24, 2.45) is 5.92 Å². The lowest BCUT2D eigenvalue weighted by Crippen LogP contribution is -2.57. The number of halogens is 4. The van der Waals surface area contributed by atoms with E-state index >= 15 is 0 Å². The van der Waals surface area contributed by atoms with Crippen LogP contribution in [0.15, 0.2) is 46.9 Å². The summed E-state index contributed by atoms with van der Waals surface area (Å²) in [4.78, 5) is 27.2. The van der Waals surface area contributed by atoms with Crippen LogP contribution in [0.5, 0.6) is 0 Å². The smallest absolute Gasteiger partial charge is 0.237 e. The highest BCUT2D eigenvalue weighted by Crippen LogP contribution is 2.45. The zero-order chi connectivity index (χ0) is 21.3. The number of benzene rings is 2. The van der Waals surface area contributed by atoms with E-state index in [4.69, 9.17) is 0 Å². The fourth-order valence-electron chi connectivity index (χ4n) is 4.87. The molecule has 0 aliphatic carbocycles. The molecule has 0 aromatic heterocycles. The van der Waals surface area contributed by atoms with Crippen LogP contribution in [0.4, 0.5) is 8.78 Å².